The Morgan fingerprint density at radius 1 is 1.24 bits per heavy atom. The summed E-state index contributed by atoms with van der Waals surface area (Å²) in [6.45, 7) is 2.08. The molecule has 0 amide bonds. The van der Waals surface area contributed by atoms with Gasteiger partial charge in [-0.15, -0.1) is 0 Å². The van der Waals surface area contributed by atoms with Gasteiger partial charge in [0.2, 0.25) is 5.88 Å². The second kappa shape index (κ2) is 6.90. The summed E-state index contributed by atoms with van der Waals surface area (Å²) in [6.07, 6.45) is 1.74. The van der Waals surface area contributed by atoms with Crippen LogP contribution in [-0.2, 0) is 6.42 Å². The Morgan fingerprint density at radius 2 is 2.05 bits per heavy atom. The van der Waals surface area contributed by atoms with Gasteiger partial charge in [-0.05, 0) is 18.6 Å². The zero-order valence-corrected chi connectivity index (χ0v) is 12.6. The smallest absolute Gasteiger partial charge is 0.224 e. The molecular formula is C15H21N5O. The van der Waals surface area contributed by atoms with Crippen LogP contribution >= 0.6 is 0 Å². The highest BCUT2D eigenvalue weighted by Gasteiger charge is 2.06. The summed E-state index contributed by atoms with van der Waals surface area (Å²) >= 11 is 0. The van der Waals surface area contributed by atoms with Crippen LogP contribution in [0.3, 0.4) is 0 Å². The largest absolute Gasteiger partial charge is 0.439 e. The molecule has 0 spiro atoms. The minimum absolute atomic E-state index is 0.484. The second-order valence-corrected chi connectivity index (χ2v) is 4.90. The highest BCUT2D eigenvalue weighted by Crippen LogP contribution is 2.25. The van der Waals surface area contributed by atoms with E-state index >= 15 is 0 Å². The molecule has 6 nitrogen and oxygen atoms in total. The third-order valence-corrected chi connectivity index (χ3v) is 2.93. The van der Waals surface area contributed by atoms with E-state index in [0.29, 0.717) is 17.5 Å². The Hall–Kier alpha value is -2.34. The van der Waals surface area contributed by atoms with Crippen molar-refractivity contribution >= 4 is 11.5 Å². The van der Waals surface area contributed by atoms with Crippen molar-refractivity contribution < 1.29 is 4.74 Å². The van der Waals surface area contributed by atoms with E-state index in [0.717, 1.165) is 24.3 Å². The zero-order chi connectivity index (χ0) is 15.2. The summed E-state index contributed by atoms with van der Waals surface area (Å²) in [5.41, 5.74) is 3.60. The minimum atomic E-state index is 0.484. The van der Waals surface area contributed by atoms with E-state index in [4.69, 9.17) is 10.6 Å². The maximum absolute atomic E-state index is 5.83. The van der Waals surface area contributed by atoms with Crippen LogP contribution in [0.1, 0.15) is 19.2 Å². The normalized spacial score (nSPS) is 10.3. The Morgan fingerprint density at radius 3 is 2.71 bits per heavy atom. The van der Waals surface area contributed by atoms with Gasteiger partial charge in [0.25, 0.3) is 0 Å². The predicted molar refractivity (Wildman–Crippen MR) is 84.7 cm³/mol. The number of aryl methyl sites for hydroxylation is 1. The minimum Gasteiger partial charge on any atom is -0.439 e. The molecule has 0 unspecified atom stereocenters. The van der Waals surface area contributed by atoms with Crippen LogP contribution in [0.4, 0.5) is 11.5 Å². The molecule has 0 saturated carbocycles. The lowest BCUT2D eigenvalue weighted by molar-refractivity contribution is 0.458. The summed E-state index contributed by atoms with van der Waals surface area (Å²) in [5.74, 6) is 7.91. The van der Waals surface area contributed by atoms with Gasteiger partial charge in [-0.1, -0.05) is 13.0 Å². The number of benzene rings is 1. The molecule has 1 heterocycles. The van der Waals surface area contributed by atoms with Crippen LogP contribution < -0.4 is 20.9 Å². The van der Waals surface area contributed by atoms with Crippen molar-refractivity contribution in [2.24, 2.45) is 5.84 Å². The number of nitrogens with zero attached hydrogens (tertiary/aromatic N) is 3. The first-order chi connectivity index (χ1) is 10.1. The van der Waals surface area contributed by atoms with Gasteiger partial charge in [-0.2, -0.15) is 4.98 Å². The number of aromatic nitrogens is 2. The van der Waals surface area contributed by atoms with Gasteiger partial charge < -0.3 is 15.1 Å². The average Bonchev–Trinajstić information content (AvgIpc) is 2.47. The fourth-order valence-corrected chi connectivity index (χ4v) is 1.88. The molecule has 1 aromatic carbocycles. The molecule has 2 aromatic rings. The number of hydrogen-bond acceptors (Lipinski definition) is 6. The van der Waals surface area contributed by atoms with Gasteiger partial charge in [0.15, 0.2) is 0 Å². The SMILES string of the molecule is CCCc1nc(NN)cc(Oc2cccc(N(C)C)c2)n1. The molecule has 1 aromatic heterocycles. The molecule has 0 saturated heterocycles. The lowest BCUT2D eigenvalue weighted by Crippen LogP contribution is -2.11. The summed E-state index contributed by atoms with van der Waals surface area (Å²) in [4.78, 5) is 10.7. The summed E-state index contributed by atoms with van der Waals surface area (Å²) < 4.78 is 5.83. The molecule has 112 valence electrons. The maximum Gasteiger partial charge on any atom is 0.224 e. The van der Waals surface area contributed by atoms with Crippen molar-refractivity contribution in [1.29, 1.82) is 0 Å². The van der Waals surface area contributed by atoms with Crippen LogP contribution in [0.15, 0.2) is 30.3 Å². The number of nitrogens with two attached hydrogens (primary N) is 1. The predicted octanol–water partition coefficient (Wildman–Crippen LogP) is 2.57. The number of ether oxygens (including phenoxy) is 1. The number of nitrogens with one attached hydrogen (secondary N) is 1. The van der Waals surface area contributed by atoms with Crippen LogP contribution in [0.2, 0.25) is 0 Å². The van der Waals surface area contributed by atoms with Gasteiger partial charge in [-0.25, -0.2) is 10.8 Å². The van der Waals surface area contributed by atoms with Crippen LogP contribution in [0.5, 0.6) is 11.6 Å². The molecule has 6 heteroatoms. The topological polar surface area (TPSA) is 76.3 Å². The molecule has 21 heavy (non-hydrogen) atoms. The fraction of sp³-hybridized carbons (Fsp3) is 0.333. The molecule has 0 aliphatic rings. The third kappa shape index (κ3) is 4.06. The highest BCUT2D eigenvalue weighted by molar-refractivity contribution is 5.50. The number of anilines is 2. The molecule has 2 rings (SSSR count). The van der Waals surface area contributed by atoms with Crippen molar-refractivity contribution in [2.75, 3.05) is 24.4 Å². The number of hydrogen-bond donors (Lipinski definition) is 2. The summed E-state index contributed by atoms with van der Waals surface area (Å²) in [5, 5.41) is 0. The van der Waals surface area contributed by atoms with Crippen molar-refractivity contribution in [1.82, 2.24) is 9.97 Å². The Labute approximate surface area is 124 Å². The lowest BCUT2D eigenvalue weighted by atomic mass is 10.3. The fourth-order valence-electron chi connectivity index (χ4n) is 1.88. The molecular weight excluding hydrogens is 266 g/mol. The molecule has 0 fully saturated rings. The molecule has 0 radical (unpaired) electrons. The van der Waals surface area contributed by atoms with E-state index in [9.17, 15) is 0 Å². The molecule has 3 N–H and O–H groups in total. The lowest BCUT2D eigenvalue weighted by Gasteiger charge is -2.14. The average molecular weight is 287 g/mol. The van der Waals surface area contributed by atoms with Crippen molar-refractivity contribution in [3.05, 3.63) is 36.2 Å². The Kier molecular flexibility index (Phi) is 4.94. The van der Waals surface area contributed by atoms with Crippen LogP contribution in [-0.4, -0.2) is 24.1 Å². The number of rotatable bonds is 6. The molecule has 0 atom stereocenters. The Bertz CT molecular complexity index is 600. The second-order valence-electron chi connectivity index (χ2n) is 4.90. The summed E-state index contributed by atoms with van der Waals surface area (Å²) in [7, 11) is 3.97. The third-order valence-electron chi connectivity index (χ3n) is 2.93. The van der Waals surface area contributed by atoms with Gasteiger partial charge in [0, 0.05) is 38.3 Å². The monoisotopic (exact) mass is 287 g/mol. The first-order valence-corrected chi connectivity index (χ1v) is 6.92. The van der Waals surface area contributed by atoms with Crippen LogP contribution in [0, 0.1) is 0 Å². The van der Waals surface area contributed by atoms with Gasteiger partial charge in [-0.3, -0.25) is 0 Å². The van der Waals surface area contributed by atoms with E-state index in [-0.39, 0.29) is 0 Å². The maximum atomic E-state index is 5.83. The Balaban J connectivity index is 2.25. The van der Waals surface area contributed by atoms with E-state index < -0.39 is 0 Å². The van der Waals surface area contributed by atoms with E-state index in [1.165, 1.54) is 0 Å². The van der Waals surface area contributed by atoms with Crippen molar-refractivity contribution in [3.63, 3.8) is 0 Å². The van der Waals surface area contributed by atoms with Crippen molar-refractivity contribution in [3.8, 4) is 11.6 Å². The molecule has 0 bridgehead atoms. The summed E-state index contributed by atoms with van der Waals surface area (Å²) in [6, 6.07) is 9.49. The van der Waals surface area contributed by atoms with Crippen LogP contribution in [0.25, 0.3) is 0 Å². The van der Waals surface area contributed by atoms with E-state index in [1.807, 2.05) is 43.3 Å². The van der Waals surface area contributed by atoms with Gasteiger partial charge >= 0.3 is 0 Å². The first kappa shape index (κ1) is 15.1. The highest BCUT2D eigenvalue weighted by atomic mass is 16.5. The zero-order valence-electron chi connectivity index (χ0n) is 12.6. The number of nitrogen functional groups attached to an aromatic ring is 1. The van der Waals surface area contributed by atoms with Gasteiger partial charge in [0.1, 0.15) is 17.4 Å². The first-order valence-electron chi connectivity index (χ1n) is 6.92. The number of hydrazine groups is 1. The van der Waals surface area contributed by atoms with Crippen molar-refractivity contribution in [2.45, 2.75) is 19.8 Å². The molecule has 0 aliphatic carbocycles. The van der Waals surface area contributed by atoms with E-state index in [1.54, 1.807) is 6.07 Å². The standard InChI is InChI=1S/C15H21N5O/c1-4-6-13-17-14(19-16)10-15(18-13)21-12-8-5-7-11(9-12)20(2)3/h5,7-10H,4,6,16H2,1-3H3,(H,17,18,19). The van der Waals surface area contributed by atoms with Gasteiger partial charge in [0.05, 0.1) is 0 Å². The molecule has 0 aliphatic heterocycles. The quantitative estimate of drug-likeness (QED) is 0.628. The van der Waals surface area contributed by atoms with E-state index in [2.05, 4.69) is 22.3 Å².